The van der Waals surface area contributed by atoms with Crippen LogP contribution in [0.5, 0.6) is 11.5 Å². The van der Waals surface area contributed by atoms with Gasteiger partial charge in [0.05, 0.1) is 0 Å². The van der Waals surface area contributed by atoms with E-state index in [9.17, 15) is 0 Å². The molecule has 0 saturated heterocycles. The van der Waals surface area contributed by atoms with Crippen LogP contribution in [-0.4, -0.2) is 14.8 Å². The SMILES string of the molecule is C[Si]1(C)c2ccccc2B2c3ccccc3Oc3cc(N(c4ccccc4)c4ccccc4)cc1c32. The first-order chi connectivity index (χ1) is 17.6. The van der Waals surface area contributed by atoms with Crippen LogP contribution >= 0.6 is 0 Å². The van der Waals surface area contributed by atoms with Gasteiger partial charge in [-0.15, -0.1) is 0 Å². The van der Waals surface area contributed by atoms with Gasteiger partial charge in [0, 0.05) is 23.1 Å². The van der Waals surface area contributed by atoms with E-state index in [1.165, 1.54) is 26.8 Å². The van der Waals surface area contributed by atoms with Crippen LogP contribution in [0.2, 0.25) is 13.1 Å². The minimum absolute atomic E-state index is 0.202. The highest BCUT2D eigenvalue weighted by Gasteiger charge is 2.46. The summed E-state index contributed by atoms with van der Waals surface area (Å²) in [4.78, 5) is 2.35. The molecular weight excluding hydrogens is 453 g/mol. The fourth-order valence-electron chi connectivity index (χ4n) is 6.11. The Kier molecular flexibility index (Phi) is 4.73. The number of rotatable bonds is 3. The van der Waals surface area contributed by atoms with E-state index < -0.39 is 8.07 Å². The maximum absolute atomic E-state index is 6.69. The molecule has 36 heavy (non-hydrogen) atoms. The molecule has 2 aliphatic rings. The maximum Gasteiger partial charge on any atom is 0.250 e. The molecule has 172 valence electrons. The Balaban J connectivity index is 1.53. The van der Waals surface area contributed by atoms with Gasteiger partial charge in [-0.3, -0.25) is 0 Å². The number of benzene rings is 5. The molecule has 0 atom stereocenters. The molecule has 2 nitrogen and oxygen atoms in total. The lowest BCUT2D eigenvalue weighted by molar-refractivity contribution is 0.488. The van der Waals surface area contributed by atoms with Crippen molar-refractivity contribution in [1.82, 2.24) is 0 Å². The van der Waals surface area contributed by atoms with E-state index in [1.807, 2.05) is 0 Å². The third-order valence-electron chi connectivity index (χ3n) is 7.77. The van der Waals surface area contributed by atoms with Crippen LogP contribution in [0.25, 0.3) is 0 Å². The highest BCUT2D eigenvalue weighted by atomic mass is 28.3. The summed E-state index contributed by atoms with van der Waals surface area (Å²) >= 11 is 0. The predicted octanol–water partition coefficient (Wildman–Crippen LogP) is 4.91. The standard InChI is InChI=1S/C32H26BNOSi/c1-36(2)30-20-12-10-18-27(30)33-26-17-9-11-19-28(26)35-29-21-25(22-31(36)32(29)33)34(23-13-5-3-6-14-23)24-15-7-4-8-16-24/h3-22H,1-2H3. The average molecular weight is 479 g/mol. The van der Waals surface area contributed by atoms with Gasteiger partial charge in [-0.05, 0) is 47.3 Å². The van der Waals surface area contributed by atoms with Gasteiger partial charge in [-0.25, -0.2) is 0 Å². The molecule has 5 aromatic carbocycles. The summed E-state index contributed by atoms with van der Waals surface area (Å²) in [7, 11) is -1.99. The van der Waals surface area contributed by atoms with Crippen LogP contribution in [0.4, 0.5) is 17.1 Å². The Hall–Kier alpha value is -4.02. The zero-order chi connectivity index (χ0) is 24.3. The van der Waals surface area contributed by atoms with Crippen molar-refractivity contribution in [3.63, 3.8) is 0 Å². The summed E-state index contributed by atoms with van der Waals surface area (Å²) in [6, 6.07) is 43.6. The smallest absolute Gasteiger partial charge is 0.250 e. The van der Waals surface area contributed by atoms with Gasteiger partial charge in [0.15, 0.2) is 0 Å². The number of hydrogen-bond acceptors (Lipinski definition) is 2. The van der Waals surface area contributed by atoms with Crippen LogP contribution in [0, 0.1) is 0 Å². The Labute approximate surface area is 213 Å². The first kappa shape index (κ1) is 21.3. The summed E-state index contributed by atoms with van der Waals surface area (Å²) in [6.07, 6.45) is 0. The monoisotopic (exact) mass is 479 g/mol. The lowest BCUT2D eigenvalue weighted by Gasteiger charge is -2.41. The van der Waals surface area contributed by atoms with Crippen molar-refractivity contribution >= 4 is 58.6 Å². The molecule has 0 aromatic heterocycles. The first-order valence-electron chi connectivity index (χ1n) is 12.6. The Morgan fingerprint density at radius 2 is 1.14 bits per heavy atom. The summed E-state index contributed by atoms with van der Waals surface area (Å²) in [6.45, 7) is 5.17. The summed E-state index contributed by atoms with van der Waals surface area (Å²) < 4.78 is 6.69. The van der Waals surface area contributed by atoms with E-state index in [0.717, 1.165) is 28.6 Å². The normalized spacial score (nSPS) is 14.2. The maximum atomic E-state index is 6.69. The highest BCUT2D eigenvalue weighted by Crippen LogP contribution is 2.37. The summed E-state index contributed by atoms with van der Waals surface area (Å²) in [5.74, 6) is 1.94. The molecule has 0 bridgehead atoms. The second-order valence-corrected chi connectivity index (χ2v) is 14.5. The van der Waals surface area contributed by atoms with Crippen LogP contribution in [0.3, 0.4) is 0 Å². The summed E-state index contributed by atoms with van der Waals surface area (Å²) in [5, 5.41) is 2.98. The van der Waals surface area contributed by atoms with Crippen molar-refractivity contribution in [2.75, 3.05) is 4.90 Å². The van der Waals surface area contributed by atoms with Gasteiger partial charge in [0.2, 0.25) is 0 Å². The van der Waals surface area contributed by atoms with Gasteiger partial charge in [0.25, 0.3) is 6.71 Å². The molecule has 0 unspecified atom stereocenters. The molecule has 7 rings (SSSR count). The molecule has 0 saturated carbocycles. The molecule has 0 N–H and O–H groups in total. The van der Waals surface area contributed by atoms with E-state index in [-0.39, 0.29) is 6.71 Å². The highest BCUT2D eigenvalue weighted by molar-refractivity contribution is 7.14. The fourth-order valence-corrected chi connectivity index (χ4v) is 9.32. The van der Waals surface area contributed by atoms with Crippen molar-refractivity contribution in [3.05, 3.63) is 121 Å². The number of hydrogen-bond donors (Lipinski definition) is 0. The fraction of sp³-hybridized carbons (Fsp3) is 0.0625. The number of nitrogens with zero attached hydrogens (tertiary/aromatic N) is 1. The lowest BCUT2D eigenvalue weighted by Crippen LogP contribution is -2.77. The largest absolute Gasteiger partial charge is 0.458 e. The number of ether oxygens (including phenoxy) is 1. The third kappa shape index (κ3) is 3.11. The molecule has 2 aliphatic heterocycles. The predicted molar refractivity (Wildman–Crippen MR) is 155 cm³/mol. The van der Waals surface area contributed by atoms with E-state index in [2.05, 4.69) is 139 Å². The average Bonchev–Trinajstić information content (AvgIpc) is 2.92. The van der Waals surface area contributed by atoms with Crippen LogP contribution in [-0.2, 0) is 0 Å². The number of para-hydroxylation sites is 3. The van der Waals surface area contributed by atoms with E-state index in [0.29, 0.717) is 0 Å². The lowest BCUT2D eigenvalue weighted by atomic mass is 9.35. The van der Waals surface area contributed by atoms with Crippen molar-refractivity contribution < 1.29 is 4.74 Å². The topological polar surface area (TPSA) is 12.5 Å². The van der Waals surface area contributed by atoms with Gasteiger partial charge in [0.1, 0.15) is 19.6 Å². The molecule has 0 spiro atoms. The third-order valence-corrected chi connectivity index (χ3v) is 11.3. The molecule has 0 aliphatic carbocycles. The van der Waals surface area contributed by atoms with Gasteiger partial charge in [-0.1, -0.05) is 108 Å². The van der Waals surface area contributed by atoms with E-state index >= 15 is 0 Å². The van der Waals surface area contributed by atoms with Crippen molar-refractivity contribution in [3.8, 4) is 11.5 Å². The van der Waals surface area contributed by atoms with Gasteiger partial charge < -0.3 is 9.64 Å². The molecule has 4 heteroatoms. The minimum atomic E-state index is -1.99. The molecule has 0 fully saturated rings. The quantitative estimate of drug-likeness (QED) is 0.335. The summed E-state index contributed by atoms with van der Waals surface area (Å²) in [5.41, 5.74) is 7.47. The second kappa shape index (κ2) is 8.01. The van der Waals surface area contributed by atoms with Crippen molar-refractivity contribution in [2.24, 2.45) is 0 Å². The Morgan fingerprint density at radius 1 is 0.556 bits per heavy atom. The van der Waals surface area contributed by atoms with Crippen LogP contribution in [0.15, 0.2) is 121 Å². The number of fused-ring (bicyclic) bond motifs is 4. The second-order valence-electron chi connectivity index (χ2n) is 10.2. The zero-order valence-corrected chi connectivity index (χ0v) is 21.5. The molecule has 0 amide bonds. The Morgan fingerprint density at radius 3 is 1.83 bits per heavy atom. The molecular formula is C32H26BNOSi. The number of anilines is 3. The van der Waals surface area contributed by atoms with Crippen LogP contribution < -0.4 is 36.4 Å². The zero-order valence-electron chi connectivity index (χ0n) is 20.5. The first-order valence-corrected chi connectivity index (χ1v) is 15.6. The molecule has 0 radical (unpaired) electrons. The molecule has 2 heterocycles. The van der Waals surface area contributed by atoms with Crippen molar-refractivity contribution in [2.45, 2.75) is 13.1 Å². The van der Waals surface area contributed by atoms with Crippen molar-refractivity contribution in [1.29, 1.82) is 0 Å². The van der Waals surface area contributed by atoms with E-state index in [1.54, 1.807) is 0 Å². The van der Waals surface area contributed by atoms with E-state index in [4.69, 9.17) is 4.74 Å². The Bertz CT molecular complexity index is 1560. The minimum Gasteiger partial charge on any atom is -0.458 e. The van der Waals surface area contributed by atoms with Gasteiger partial charge >= 0.3 is 0 Å². The molecule has 5 aromatic rings. The van der Waals surface area contributed by atoms with Gasteiger partial charge in [-0.2, -0.15) is 0 Å². The van der Waals surface area contributed by atoms with Crippen LogP contribution in [0.1, 0.15) is 0 Å².